The second-order valence-corrected chi connectivity index (χ2v) is 9.79. The van der Waals surface area contributed by atoms with Gasteiger partial charge >= 0.3 is 0 Å². The Morgan fingerprint density at radius 2 is 1.85 bits per heavy atom. The zero-order valence-electron chi connectivity index (χ0n) is 18.7. The number of H-pyrrole nitrogens is 1. The number of benzene rings is 1. The summed E-state index contributed by atoms with van der Waals surface area (Å²) in [7, 11) is 0. The van der Waals surface area contributed by atoms with Gasteiger partial charge < -0.3 is 20.9 Å². The van der Waals surface area contributed by atoms with Crippen molar-refractivity contribution in [3.8, 4) is 0 Å². The molecule has 2 atom stereocenters. The van der Waals surface area contributed by atoms with Crippen LogP contribution >= 0.6 is 11.8 Å². The van der Waals surface area contributed by atoms with Crippen LogP contribution in [-0.2, 0) is 4.79 Å². The molecule has 3 heterocycles. The van der Waals surface area contributed by atoms with Crippen molar-refractivity contribution in [1.29, 1.82) is 0 Å². The molecular weight excluding hydrogens is 436 g/mol. The standard InChI is InChI=1S/C23H28N8OS/c1-14-12-31(13-15(2)25-14)21-11-20(27-19-9-10-24-30-19)28-23(29-21)33-18-7-5-17(6-8-18)26-22(32)16-3-4-16/h5-11,14-16,25H,3-4,12-13H2,1-2H3,(H,26,32)(H2,24,27,28,29,30)/t14-,15+. The molecule has 1 amide bonds. The van der Waals surface area contributed by atoms with Crippen molar-refractivity contribution in [3.05, 3.63) is 42.6 Å². The summed E-state index contributed by atoms with van der Waals surface area (Å²) in [4.78, 5) is 24.9. The minimum Gasteiger partial charge on any atom is -0.353 e. The number of hydrogen-bond acceptors (Lipinski definition) is 8. The van der Waals surface area contributed by atoms with Gasteiger partial charge in [0.15, 0.2) is 5.16 Å². The first-order valence-corrected chi connectivity index (χ1v) is 12.1. The van der Waals surface area contributed by atoms with Crippen molar-refractivity contribution in [2.45, 2.75) is 48.8 Å². The SMILES string of the molecule is C[C@@H]1CN(c2cc(Nc3ccn[nH]3)nc(Sc3ccc(NC(=O)C4CC4)cc3)n2)C[C@H](C)N1. The number of nitrogens with one attached hydrogen (secondary N) is 4. The zero-order valence-corrected chi connectivity index (χ0v) is 19.5. The lowest BCUT2D eigenvalue weighted by Gasteiger charge is -2.37. The maximum Gasteiger partial charge on any atom is 0.227 e. The van der Waals surface area contributed by atoms with Gasteiger partial charge in [0.2, 0.25) is 5.91 Å². The van der Waals surface area contributed by atoms with Crippen LogP contribution in [0.25, 0.3) is 0 Å². The van der Waals surface area contributed by atoms with Crippen LogP contribution in [0.4, 0.5) is 23.1 Å². The lowest BCUT2D eigenvalue weighted by atomic mass is 10.1. The Labute approximate surface area is 197 Å². The van der Waals surface area contributed by atoms with Gasteiger partial charge in [-0.3, -0.25) is 9.89 Å². The average molecular weight is 465 g/mol. The lowest BCUT2D eigenvalue weighted by molar-refractivity contribution is -0.117. The van der Waals surface area contributed by atoms with E-state index in [1.165, 1.54) is 11.8 Å². The van der Waals surface area contributed by atoms with Crippen LogP contribution in [0.1, 0.15) is 26.7 Å². The second-order valence-electron chi connectivity index (χ2n) is 8.75. The van der Waals surface area contributed by atoms with E-state index in [4.69, 9.17) is 9.97 Å². The van der Waals surface area contributed by atoms with Gasteiger partial charge in [-0.05, 0) is 62.7 Å². The van der Waals surface area contributed by atoms with Gasteiger partial charge in [-0.15, -0.1) is 0 Å². The first-order chi connectivity index (χ1) is 16.0. The Balaban J connectivity index is 1.36. The smallest absolute Gasteiger partial charge is 0.227 e. The van der Waals surface area contributed by atoms with E-state index in [0.717, 1.165) is 48.1 Å². The van der Waals surface area contributed by atoms with E-state index >= 15 is 0 Å². The van der Waals surface area contributed by atoms with E-state index in [-0.39, 0.29) is 11.8 Å². The minimum absolute atomic E-state index is 0.112. The molecule has 4 N–H and O–H groups in total. The predicted molar refractivity (Wildman–Crippen MR) is 130 cm³/mol. The number of amides is 1. The van der Waals surface area contributed by atoms with Crippen LogP contribution in [0.15, 0.2) is 52.6 Å². The molecule has 9 nitrogen and oxygen atoms in total. The molecule has 33 heavy (non-hydrogen) atoms. The van der Waals surface area contributed by atoms with Gasteiger partial charge in [-0.25, -0.2) is 9.97 Å². The molecule has 5 rings (SSSR count). The average Bonchev–Trinajstić information content (AvgIpc) is 3.52. The first kappa shape index (κ1) is 21.7. The molecule has 2 aliphatic rings. The molecule has 2 aromatic heterocycles. The van der Waals surface area contributed by atoms with Crippen LogP contribution in [0.3, 0.4) is 0 Å². The molecule has 3 aromatic rings. The minimum atomic E-state index is 0.112. The highest BCUT2D eigenvalue weighted by Gasteiger charge is 2.29. The van der Waals surface area contributed by atoms with Gasteiger partial charge in [0.05, 0.1) is 6.20 Å². The van der Waals surface area contributed by atoms with Crippen LogP contribution in [0.5, 0.6) is 0 Å². The Bertz CT molecular complexity index is 1090. The molecule has 1 aliphatic carbocycles. The molecule has 0 spiro atoms. The third-order valence-corrected chi connectivity index (χ3v) is 6.49. The van der Waals surface area contributed by atoms with E-state index in [1.54, 1.807) is 6.20 Å². The number of carbonyl (C=O) groups is 1. The summed E-state index contributed by atoms with van der Waals surface area (Å²) in [5.41, 5.74) is 0.816. The fourth-order valence-corrected chi connectivity index (χ4v) is 4.73. The van der Waals surface area contributed by atoms with Gasteiger partial charge in [-0.2, -0.15) is 5.10 Å². The fraction of sp³-hybridized carbons (Fsp3) is 0.391. The Kier molecular flexibility index (Phi) is 6.19. The van der Waals surface area contributed by atoms with Crippen LogP contribution < -0.4 is 20.9 Å². The third kappa shape index (κ3) is 5.63. The number of carbonyl (C=O) groups excluding carboxylic acids is 1. The third-order valence-electron chi connectivity index (χ3n) is 5.62. The molecule has 1 saturated carbocycles. The highest BCUT2D eigenvalue weighted by Crippen LogP contribution is 2.32. The van der Waals surface area contributed by atoms with Crippen molar-refractivity contribution < 1.29 is 4.79 Å². The fourth-order valence-electron chi connectivity index (χ4n) is 3.96. The summed E-state index contributed by atoms with van der Waals surface area (Å²) in [5, 5.41) is 17.4. The second kappa shape index (κ2) is 9.40. The lowest BCUT2D eigenvalue weighted by Crippen LogP contribution is -2.54. The molecule has 10 heteroatoms. The van der Waals surface area contributed by atoms with Gasteiger partial charge in [-0.1, -0.05) is 0 Å². The quantitative estimate of drug-likeness (QED) is 0.392. The van der Waals surface area contributed by atoms with Crippen molar-refractivity contribution in [1.82, 2.24) is 25.5 Å². The number of piperazine rings is 1. The summed E-state index contributed by atoms with van der Waals surface area (Å²) in [6.45, 7) is 6.13. The maximum absolute atomic E-state index is 12.0. The van der Waals surface area contributed by atoms with Gasteiger partial charge in [0.1, 0.15) is 17.5 Å². The van der Waals surface area contributed by atoms with Crippen LogP contribution in [-0.4, -0.2) is 51.2 Å². The largest absolute Gasteiger partial charge is 0.353 e. The van der Waals surface area contributed by atoms with Gasteiger partial charge in [0.25, 0.3) is 0 Å². The van der Waals surface area contributed by atoms with E-state index in [2.05, 4.69) is 44.9 Å². The number of nitrogens with zero attached hydrogens (tertiary/aromatic N) is 4. The maximum atomic E-state index is 12.0. The topological polar surface area (TPSA) is 111 Å². The summed E-state index contributed by atoms with van der Waals surface area (Å²) >= 11 is 1.50. The molecule has 1 aromatic carbocycles. The number of rotatable bonds is 7. The molecule has 1 aliphatic heterocycles. The molecule has 2 fully saturated rings. The van der Waals surface area contributed by atoms with Crippen molar-refractivity contribution in [2.24, 2.45) is 5.92 Å². The highest BCUT2D eigenvalue weighted by atomic mass is 32.2. The van der Waals surface area contributed by atoms with Crippen molar-refractivity contribution in [2.75, 3.05) is 28.6 Å². The summed E-state index contributed by atoms with van der Waals surface area (Å²) in [6, 6.07) is 12.4. The normalized spacial score (nSPS) is 20.5. The predicted octanol–water partition coefficient (Wildman–Crippen LogP) is 3.63. The summed E-state index contributed by atoms with van der Waals surface area (Å²) in [5.74, 6) is 2.67. The molecule has 0 bridgehead atoms. The van der Waals surface area contributed by atoms with Crippen molar-refractivity contribution in [3.63, 3.8) is 0 Å². The molecular formula is C23H28N8OS. The zero-order chi connectivity index (χ0) is 22.8. The van der Waals surface area contributed by atoms with Crippen LogP contribution in [0, 0.1) is 5.92 Å². The number of aromatic nitrogens is 4. The van der Waals surface area contributed by atoms with E-state index < -0.39 is 0 Å². The number of hydrogen-bond donors (Lipinski definition) is 4. The van der Waals surface area contributed by atoms with E-state index in [1.807, 2.05) is 36.4 Å². The number of aromatic amines is 1. The monoisotopic (exact) mass is 464 g/mol. The molecule has 1 saturated heterocycles. The Hall–Kier alpha value is -3.11. The number of anilines is 4. The van der Waals surface area contributed by atoms with E-state index in [0.29, 0.717) is 23.1 Å². The van der Waals surface area contributed by atoms with Crippen molar-refractivity contribution >= 4 is 40.8 Å². The van der Waals surface area contributed by atoms with E-state index in [9.17, 15) is 4.79 Å². The molecule has 172 valence electrons. The highest BCUT2D eigenvalue weighted by molar-refractivity contribution is 7.99. The summed E-state index contributed by atoms with van der Waals surface area (Å²) in [6.07, 6.45) is 3.68. The van der Waals surface area contributed by atoms with Crippen LogP contribution in [0.2, 0.25) is 0 Å². The first-order valence-electron chi connectivity index (χ1n) is 11.3. The van der Waals surface area contributed by atoms with Gasteiger partial charge in [0, 0.05) is 53.8 Å². The Morgan fingerprint density at radius 3 is 2.52 bits per heavy atom. The molecule has 0 unspecified atom stereocenters. The summed E-state index contributed by atoms with van der Waals surface area (Å²) < 4.78 is 0. The Morgan fingerprint density at radius 1 is 1.09 bits per heavy atom. The molecule has 0 radical (unpaired) electrons.